The molecule has 6 atom stereocenters. The van der Waals surface area contributed by atoms with Crippen LogP contribution in [0.15, 0.2) is 250 Å². The van der Waals surface area contributed by atoms with E-state index in [9.17, 15) is 32.0 Å². The summed E-state index contributed by atoms with van der Waals surface area (Å²) in [6.07, 6.45) is 20.5. The van der Waals surface area contributed by atoms with Crippen molar-refractivity contribution in [3.8, 4) is 46.0 Å². The lowest BCUT2D eigenvalue weighted by Crippen LogP contribution is -2.20. The SMILES string of the molecule is C=CCCOP(=O)(OC)Oc1ccccc1Cl.C=CCCOP(=O)(OCC)Oc1ccccc1Cl.C=CCCOP(=O)(Oc1ccccc1Cl)OC(C)C.CCCCCCNP(=O)(OCCCC)Oc1ccccc1Cl.CCCCCCNP(=O)(Oc1ccccc1Cl)Oc1ccccc1Cl.CCCCOP(C)(=O)Oc1ccc(C)cc1.CCCCOP(C)(=O)Oc1ccc2ccccc2c1. The number of benzene rings is 9. The molecule has 0 radical (unpaired) electrons. The molecule has 0 aromatic heterocycles. The van der Waals surface area contributed by atoms with E-state index in [2.05, 4.69) is 64.5 Å². The number of phosphoric acid groups is 3. The molecule has 0 amide bonds. The van der Waals surface area contributed by atoms with Crippen LogP contribution in [-0.2, 0) is 72.7 Å². The molecule has 6 unspecified atom stereocenters. The van der Waals surface area contributed by atoms with Gasteiger partial charge in [0.2, 0.25) is 0 Å². The van der Waals surface area contributed by atoms with Gasteiger partial charge in [-0.15, -0.1) is 19.7 Å². The number of hydrogen-bond acceptors (Lipinski definition) is 24. The van der Waals surface area contributed by atoms with Gasteiger partial charge in [-0.2, -0.15) is 0 Å². The van der Waals surface area contributed by atoms with Gasteiger partial charge < -0.3 is 36.2 Å². The lowest BCUT2D eigenvalue weighted by atomic mass is 10.1. The van der Waals surface area contributed by atoms with Gasteiger partial charge in [0.05, 0.1) is 82.5 Å². The molecule has 0 bridgehead atoms. The van der Waals surface area contributed by atoms with Crippen LogP contribution in [0.2, 0.25) is 30.1 Å². The Morgan fingerprint density at radius 1 is 0.324 bits per heavy atom. The highest BCUT2D eigenvalue weighted by atomic mass is 35.5. The summed E-state index contributed by atoms with van der Waals surface area (Å²) in [6, 6.07) is 61.8. The number of hydrogen-bond donors (Lipinski definition) is 2. The van der Waals surface area contributed by atoms with Gasteiger partial charge in [0, 0.05) is 33.5 Å². The molecule has 9 aromatic carbocycles. The van der Waals surface area contributed by atoms with E-state index in [0.717, 1.165) is 93.4 Å². The first-order valence-corrected chi connectivity index (χ1v) is 58.5. The Kier molecular flexibility index (Phi) is 64.2. The number of halogens is 6. The molecular formula is C97H135Cl6N2O24P7. The molecule has 754 valence electrons. The van der Waals surface area contributed by atoms with E-state index in [1.54, 1.807) is 197 Å². The minimum absolute atomic E-state index is 0.206. The van der Waals surface area contributed by atoms with Gasteiger partial charge in [-0.3, -0.25) is 40.7 Å². The molecular weight excluding hydrogens is 2010 g/mol. The predicted octanol–water partition coefficient (Wildman–Crippen LogP) is 34.8. The lowest BCUT2D eigenvalue weighted by molar-refractivity contribution is 0.127. The molecule has 2 N–H and O–H groups in total. The third kappa shape index (κ3) is 54.7. The van der Waals surface area contributed by atoms with Crippen LogP contribution in [0, 0.1) is 6.92 Å². The third-order valence-electron chi connectivity index (χ3n) is 17.2. The largest absolute Gasteiger partial charge is 0.530 e. The van der Waals surface area contributed by atoms with Gasteiger partial charge in [-0.25, -0.2) is 42.1 Å². The molecule has 0 fully saturated rings. The van der Waals surface area contributed by atoms with Crippen molar-refractivity contribution < 1.29 is 109 Å². The lowest BCUT2D eigenvalue weighted by Gasteiger charge is -2.21. The molecule has 136 heavy (non-hydrogen) atoms. The predicted molar refractivity (Wildman–Crippen MR) is 558 cm³/mol. The quantitative estimate of drug-likeness (QED) is 0.0203. The second-order valence-corrected chi connectivity index (χ2v) is 44.2. The number of rotatable bonds is 57. The number of nitrogens with one attached hydrogen (secondary N) is 2. The van der Waals surface area contributed by atoms with Crippen molar-refractivity contribution in [2.24, 2.45) is 0 Å². The minimum Gasteiger partial charge on any atom is -0.425 e. The van der Waals surface area contributed by atoms with Crippen LogP contribution in [0.5, 0.6) is 46.0 Å². The zero-order chi connectivity index (χ0) is 101. The summed E-state index contributed by atoms with van der Waals surface area (Å²) >= 11 is 36.0. The highest BCUT2D eigenvalue weighted by Gasteiger charge is 2.34. The van der Waals surface area contributed by atoms with E-state index in [1.165, 1.54) is 33.3 Å². The van der Waals surface area contributed by atoms with Crippen LogP contribution in [-0.4, -0.2) is 85.9 Å². The molecule has 9 aromatic rings. The standard InChI is InChI=1S/C18H22Cl2NO3P.C16H27ClNO3P.C15H19O3P.C13H18ClO4P.C12H16ClO4P.C12H19O3P.C11H14ClO4P/c1-2-3-4-9-14-21-25(22,23-17-12-7-5-10-15(17)19)24-18-13-8-6-11-16(18)20;1-3-5-7-10-13-18-22(19,20-14-6-4-2)21-16-12-9-8-11-15(16)17;1-3-4-11-17-19(2,16)18-15-10-9-13-7-5-6-8-14(13)12-15;1-4-5-10-16-19(15,17-11(2)3)18-13-9-7-6-8-12(13)14;1-3-5-10-16-18(14,15-4-2)17-12-9-7-6-8-11(12)13;1-4-5-10-14-16(3,13)15-12-8-6-11(2)7-9-12;1-3-4-9-15-17(13,14-2)16-11-8-6-5-7-10(11)12/h5-8,10-13H,2-4,9,14H2,1H3,(H,21,22);8-9,11-12H,3-7,10,13-14H2,1-2H3,(H,18,19);5-10,12H,3-4,11H2,1-2H3;4,6-9,11H,1,5,10H2,2-3H3;3,6-9H,1,4-5,10H2,2H3;6-9H,4-5,10H2,1-3H3;3,5-8H,1,4,9H2,2H3. The summed E-state index contributed by atoms with van der Waals surface area (Å²) in [4.78, 5) is 0. The maximum atomic E-state index is 13.2. The van der Waals surface area contributed by atoms with E-state index in [-0.39, 0.29) is 49.8 Å². The smallest absolute Gasteiger partial charge is 0.425 e. The summed E-state index contributed by atoms with van der Waals surface area (Å²) in [7, 11) is -22.7. The van der Waals surface area contributed by atoms with Crippen LogP contribution in [0.4, 0.5) is 0 Å². The van der Waals surface area contributed by atoms with Crippen molar-refractivity contribution in [1.29, 1.82) is 0 Å². The zero-order valence-corrected chi connectivity index (χ0v) is 90.5. The van der Waals surface area contributed by atoms with Crippen molar-refractivity contribution in [3.05, 3.63) is 286 Å². The van der Waals surface area contributed by atoms with Gasteiger partial charge in [0.1, 0.15) is 46.0 Å². The Labute approximate surface area is 836 Å². The average Bonchev–Trinajstić information content (AvgIpc) is 0.805. The summed E-state index contributed by atoms with van der Waals surface area (Å²) in [6.45, 7) is 34.7. The molecule has 0 aliphatic rings. The molecule has 9 rings (SSSR count). The molecule has 0 heterocycles. The number of unbranched alkanes of at least 4 members (excludes halogenated alkanes) is 9. The van der Waals surface area contributed by atoms with Gasteiger partial charge in [0.15, 0.2) is 0 Å². The van der Waals surface area contributed by atoms with Gasteiger partial charge in [-0.05, 0) is 187 Å². The molecule has 26 nitrogen and oxygen atoms in total. The summed E-state index contributed by atoms with van der Waals surface area (Å²) in [5.74, 6) is 2.94. The maximum Gasteiger partial charge on any atom is 0.530 e. The van der Waals surface area contributed by atoms with E-state index in [0.29, 0.717) is 111 Å². The Bertz CT molecular complexity index is 5200. The molecule has 0 aliphatic carbocycles. The molecule has 39 heteroatoms. The van der Waals surface area contributed by atoms with Crippen molar-refractivity contribution >= 4 is 135 Å². The highest BCUT2D eigenvalue weighted by Crippen LogP contribution is 2.55. The number of phosphoric ester groups is 3. The monoisotopic (exact) mass is 2140 g/mol. The minimum atomic E-state index is -3.69. The molecule has 0 saturated carbocycles. The average molecular weight is 2140 g/mol. The van der Waals surface area contributed by atoms with Crippen LogP contribution in [0.1, 0.15) is 170 Å². The van der Waals surface area contributed by atoms with Gasteiger partial charge in [-0.1, -0.05) is 301 Å². The topological polar surface area (TPSA) is 300 Å². The summed E-state index contributed by atoms with van der Waals surface area (Å²) < 4.78 is 177. The first kappa shape index (κ1) is 124. The first-order valence-electron chi connectivity index (χ1n) is 44.8. The maximum absolute atomic E-state index is 13.2. The highest BCUT2D eigenvalue weighted by molar-refractivity contribution is 7.54. The fourth-order valence-corrected chi connectivity index (χ4v) is 20.2. The van der Waals surface area contributed by atoms with E-state index in [4.69, 9.17) is 147 Å². The summed E-state index contributed by atoms with van der Waals surface area (Å²) in [5, 5.41) is 10.2. The van der Waals surface area contributed by atoms with Gasteiger partial charge >= 0.3 is 54.2 Å². The first-order chi connectivity index (χ1) is 65.0. The van der Waals surface area contributed by atoms with Crippen molar-refractivity contribution in [2.45, 2.75) is 178 Å². The Morgan fingerprint density at radius 3 is 1.01 bits per heavy atom. The molecule has 0 saturated heterocycles. The number of aryl methyl sites for hydroxylation is 1. The second kappa shape index (κ2) is 70.4. The second-order valence-electron chi connectivity index (χ2n) is 29.5. The van der Waals surface area contributed by atoms with Crippen LogP contribution >= 0.6 is 124 Å². The Hall–Kier alpha value is -6.23. The zero-order valence-electron chi connectivity index (χ0n) is 79.7. The van der Waals surface area contributed by atoms with Crippen LogP contribution in [0.3, 0.4) is 0 Å². The molecule has 0 spiro atoms. The van der Waals surface area contributed by atoms with E-state index in [1.807, 2.05) is 61.5 Å². The third-order valence-corrected chi connectivity index (χ3v) is 29.0. The van der Waals surface area contributed by atoms with Crippen LogP contribution < -0.4 is 46.4 Å². The molecule has 0 aliphatic heterocycles. The van der Waals surface area contributed by atoms with Gasteiger partial charge in [0.25, 0.3) is 0 Å². The summed E-state index contributed by atoms with van der Waals surface area (Å²) in [5.41, 5.74) is 1.14. The van der Waals surface area contributed by atoms with Crippen molar-refractivity contribution in [2.75, 3.05) is 79.8 Å². The number of fused-ring (bicyclic) bond motifs is 1. The van der Waals surface area contributed by atoms with Crippen molar-refractivity contribution in [1.82, 2.24) is 10.2 Å². The number of para-hydroxylation sites is 6. The Morgan fingerprint density at radius 2 is 0.640 bits per heavy atom. The fraction of sp³-hybridized carbons (Fsp3) is 0.402. The normalized spacial score (nSPS) is 13.6. The van der Waals surface area contributed by atoms with E-state index >= 15 is 0 Å². The fourth-order valence-electron chi connectivity index (χ4n) is 10.4. The Balaban J connectivity index is 0.000000410. The van der Waals surface area contributed by atoms with Crippen LogP contribution in [0.25, 0.3) is 10.8 Å². The van der Waals surface area contributed by atoms with E-state index < -0.39 is 54.2 Å². The van der Waals surface area contributed by atoms with Crippen molar-refractivity contribution in [3.63, 3.8) is 0 Å².